The SMILES string of the molecule is CN=C(NCC(C)Oc1cccc(OC)c1)NCC1(CS(C)(=O)=O)CC1.I. The lowest BCUT2D eigenvalue weighted by Gasteiger charge is -2.20. The first kappa shape index (κ1) is 23.8. The Labute approximate surface area is 179 Å². The number of methoxy groups -OCH3 is 1. The summed E-state index contributed by atoms with van der Waals surface area (Å²) in [7, 11) is 0.344. The molecule has 2 rings (SSSR count). The zero-order valence-corrected chi connectivity index (χ0v) is 19.5. The number of rotatable bonds is 9. The van der Waals surface area contributed by atoms with E-state index < -0.39 is 9.84 Å². The van der Waals surface area contributed by atoms with E-state index in [2.05, 4.69) is 15.6 Å². The third kappa shape index (κ3) is 8.54. The Morgan fingerprint density at radius 1 is 1.30 bits per heavy atom. The number of hydrogen-bond donors (Lipinski definition) is 2. The molecule has 1 aromatic rings. The van der Waals surface area contributed by atoms with Gasteiger partial charge in [0.1, 0.15) is 27.4 Å². The van der Waals surface area contributed by atoms with E-state index in [1.165, 1.54) is 6.26 Å². The van der Waals surface area contributed by atoms with Gasteiger partial charge in [-0.1, -0.05) is 6.07 Å². The van der Waals surface area contributed by atoms with Crippen molar-refractivity contribution < 1.29 is 17.9 Å². The largest absolute Gasteiger partial charge is 0.497 e. The quantitative estimate of drug-likeness (QED) is 0.300. The summed E-state index contributed by atoms with van der Waals surface area (Å²) in [4.78, 5) is 4.19. The van der Waals surface area contributed by atoms with E-state index in [1.807, 2.05) is 31.2 Å². The van der Waals surface area contributed by atoms with Crippen molar-refractivity contribution in [2.24, 2.45) is 10.4 Å². The molecule has 0 amide bonds. The van der Waals surface area contributed by atoms with E-state index in [9.17, 15) is 8.42 Å². The Kier molecular flexibility index (Phi) is 9.13. The van der Waals surface area contributed by atoms with Crippen LogP contribution in [0.5, 0.6) is 11.5 Å². The highest BCUT2D eigenvalue weighted by Gasteiger charge is 2.45. The van der Waals surface area contributed by atoms with Crippen LogP contribution in [0, 0.1) is 5.41 Å². The summed E-state index contributed by atoms with van der Waals surface area (Å²) < 4.78 is 34.1. The van der Waals surface area contributed by atoms with Crippen LogP contribution in [0.4, 0.5) is 0 Å². The minimum Gasteiger partial charge on any atom is -0.497 e. The van der Waals surface area contributed by atoms with E-state index in [0.29, 0.717) is 19.0 Å². The maximum absolute atomic E-state index is 11.5. The fourth-order valence-corrected chi connectivity index (χ4v) is 4.29. The molecule has 9 heteroatoms. The summed E-state index contributed by atoms with van der Waals surface area (Å²) in [5.41, 5.74) is -0.145. The summed E-state index contributed by atoms with van der Waals surface area (Å²) in [6.07, 6.45) is 3.07. The predicted molar refractivity (Wildman–Crippen MR) is 119 cm³/mol. The number of aliphatic imine (C=N–C) groups is 1. The van der Waals surface area contributed by atoms with Gasteiger partial charge in [-0.2, -0.15) is 0 Å². The molecule has 1 fully saturated rings. The number of nitrogens with zero attached hydrogens (tertiary/aromatic N) is 1. The van der Waals surface area contributed by atoms with Gasteiger partial charge in [-0.15, -0.1) is 24.0 Å². The topological polar surface area (TPSA) is 89.0 Å². The van der Waals surface area contributed by atoms with Crippen molar-refractivity contribution in [3.63, 3.8) is 0 Å². The van der Waals surface area contributed by atoms with Crippen LogP contribution in [0.1, 0.15) is 19.8 Å². The monoisotopic (exact) mass is 511 g/mol. The maximum atomic E-state index is 11.5. The first-order valence-corrected chi connectivity index (χ1v) is 10.7. The second kappa shape index (κ2) is 10.4. The molecule has 0 bridgehead atoms. The molecule has 1 atom stereocenters. The Bertz CT molecular complexity index is 736. The first-order valence-electron chi connectivity index (χ1n) is 8.68. The summed E-state index contributed by atoms with van der Waals surface area (Å²) in [5, 5.41) is 6.45. The molecule has 0 aromatic heterocycles. The minimum atomic E-state index is -2.97. The van der Waals surface area contributed by atoms with E-state index in [0.717, 1.165) is 24.3 Å². The molecule has 1 aliphatic rings. The normalized spacial score (nSPS) is 16.7. The number of ether oxygens (including phenoxy) is 2. The van der Waals surface area contributed by atoms with Gasteiger partial charge < -0.3 is 20.1 Å². The molecule has 1 unspecified atom stereocenters. The number of benzene rings is 1. The van der Waals surface area contributed by atoms with Crippen LogP contribution in [-0.4, -0.2) is 59.7 Å². The van der Waals surface area contributed by atoms with Crippen molar-refractivity contribution in [1.82, 2.24) is 10.6 Å². The molecule has 0 aliphatic heterocycles. The zero-order chi connectivity index (χ0) is 19.2. The molecular weight excluding hydrogens is 481 g/mol. The fourth-order valence-electron chi connectivity index (χ4n) is 2.79. The number of halogens is 1. The van der Waals surface area contributed by atoms with Gasteiger partial charge in [0.2, 0.25) is 0 Å². The van der Waals surface area contributed by atoms with E-state index in [4.69, 9.17) is 9.47 Å². The number of hydrogen-bond acceptors (Lipinski definition) is 5. The zero-order valence-electron chi connectivity index (χ0n) is 16.3. The van der Waals surface area contributed by atoms with Gasteiger partial charge in [-0.25, -0.2) is 8.42 Å². The van der Waals surface area contributed by atoms with Gasteiger partial charge in [0.15, 0.2) is 5.96 Å². The van der Waals surface area contributed by atoms with Crippen LogP contribution < -0.4 is 20.1 Å². The van der Waals surface area contributed by atoms with Crippen LogP contribution in [-0.2, 0) is 9.84 Å². The lowest BCUT2D eigenvalue weighted by Crippen LogP contribution is -2.44. The summed E-state index contributed by atoms with van der Waals surface area (Å²) in [6.45, 7) is 3.13. The molecule has 27 heavy (non-hydrogen) atoms. The van der Waals surface area contributed by atoms with Crippen molar-refractivity contribution in [3.8, 4) is 11.5 Å². The van der Waals surface area contributed by atoms with Crippen molar-refractivity contribution in [2.45, 2.75) is 25.9 Å². The standard InChI is InChI=1S/C18H29N3O4S.HI/c1-14(25-16-7-5-6-15(10-16)24-3)11-20-17(19-2)21-12-18(8-9-18)13-26(4,22)23;/h5-7,10,14H,8-9,11-13H2,1-4H3,(H2,19,20,21);1H. The van der Waals surface area contributed by atoms with E-state index in [-0.39, 0.29) is 41.2 Å². The number of sulfone groups is 1. The summed E-state index contributed by atoms with van der Waals surface area (Å²) in [5.74, 6) is 2.36. The van der Waals surface area contributed by atoms with Crippen molar-refractivity contribution in [3.05, 3.63) is 24.3 Å². The average Bonchev–Trinajstić information content (AvgIpc) is 3.32. The fraction of sp³-hybridized carbons (Fsp3) is 0.611. The Balaban J connectivity index is 0.00000364. The Morgan fingerprint density at radius 2 is 1.96 bits per heavy atom. The second-order valence-corrected chi connectivity index (χ2v) is 9.12. The predicted octanol–water partition coefficient (Wildman–Crippen LogP) is 2.07. The summed E-state index contributed by atoms with van der Waals surface area (Å²) in [6, 6.07) is 7.47. The molecule has 0 spiro atoms. The molecule has 0 radical (unpaired) electrons. The van der Waals surface area contributed by atoms with Gasteiger partial charge in [-0.05, 0) is 31.9 Å². The van der Waals surface area contributed by atoms with E-state index in [1.54, 1.807) is 14.2 Å². The number of guanidine groups is 1. The highest BCUT2D eigenvalue weighted by molar-refractivity contribution is 14.0. The second-order valence-electron chi connectivity index (χ2n) is 6.98. The maximum Gasteiger partial charge on any atom is 0.191 e. The van der Waals surface area contributed by atoms with Crippen LogP contribution >= 0.6 is 24.0 Å². The van der Waals surface area contributed by atoms with Crippen LogP contribution in [0.25, 0.3) is 0 Å². The molecule has 0 heterocycles. The van der Waals surface area contributed by atoms with Crippen molar-refractivity contribution >= 4 is 39.8 Å². The molecular formula is C18H30IN3O4S. The van der Waals surface area contributed by atoms with Crippen molar-refractivity contribution in [2.75, 3.05) is 39.3 Å². The Morgan fingerprint density at radius 3 is 2.52 bits per heavy atom. The van der Waals surface area contributed by atoms with Crippen molar-refractivity contribution in [1.29, 1.82) is 0 Å². The number of nitrogens with one attached hydrogen (secondary N) is 2. The molecule has 1 aliphatic carbocycles. The van der Waals surface area contributed by atoms with Gasteiger partial charge >= 0.3 is 0 Å². The molecule has 0 saturated heterocycles. The lowest BCUT2D eigenvalue weighted by molar-refractivity contribution is 0.223. The molecule has 7 nitrogen and oxygen atoms in total. The molecule has 2 N–H and O–H groups in total. The lowest BCUT2D eigenvalue weighted by atomic mass is 10.1. The third-order valence-electron chi connectivity index (χ3n) is 4.32. The minimum absolute atomic E-state index is 0. The van der Waals surface area contributed by atoms with Gasteiger partial charge in [-0.3, -0.25) is 4.99 Å². The van der Waals surface area contributed by atoms with Gasteiger partial charge in [0, 0.05) is 31.3 Å². The highest BCUT2D eigenvalue weighted by Crippen LogP contribution is 2.45. The van der Waals surface area contributed by atoms with Gasteiger partial charge in [0.25, 0.3) is 0 Å². The van der Waals surface area contributed by atoms with E-state index >= 15 is 0 Å². The summed E-state index contributed by atoms with van der Waals surface area (Å²) >= 11 is 0. The van der Waals surface area contributed by atoms with Crippen LogP contribution in [0.3, 0.4) is 0 Å². The highest BCUT2D eigenvalue weighted by atomic mass is 127. The first-order chi connectivity index (χ1) is 12.3. The molecule has 154 valence electrons. The average molecular weight is 511 g/mol. The Hall–Kier alpha value is -1.23. The molecule has 1 saturated carbocycles. The smallest absolute Gasteiger partial charge is 0.191 e. The third-order valence-corrected chi connectivity index (χ3v) is 5.45. The molecule has 1 aromatic carbocycles. The van der Waals surface area contributed by atoms with Crippen LogP contribution in [0.2, 0.25) is 0 Å². The van der Waals surface area contributed by atoms with Gasteiger partial charge in [0.05, 0.1) is 19.4 Å². The van der Waals surface area contributed by atoms with Crippen LogP contribution in [0.15, 0.2) is 29.3 Å².